The smallest absolute Gasteiger partial charge is 0.261 e. The minimum absolute atomic E-state index is 0.220. The summed E-state index contributed by atoms with van der Waals surface area (Å²) in [4.78, 5) is 17.9. The highest BCUT2D eigenvalue weighted by Crippen LogP contribution is 2.32. The molecular weight excluding hydrogens is 403 g/mol. The Morgan fingerprint density at radius 3 is 2.52 bits per heavy atom. The molecule has 3 aromatic rings. The molecule has 0 aliphatic rings. The minimum Gasteiger partial charge on any atom is -0.479 e. The number of carbonyl (C=O) groups is 1. The van der Waals surface area contributed by atoms with Crippen LogP contribution in [0.15, 0.2) is 48.5 Å². The maximum Gasteiger partial charge on any atom is 0.261 e. The van der Waals surface area contributed by atoms with Gasteiger partial charge in [0.15, 0.2) is 6.10 Å². The van der Waals surface area contributed by atoms with Crippen molar-refractivity contribution in [1.82, 2.24) is 10.3 Å². The first-order valence-electron chi connectivity index (χ1n) is 8.36. The summed E-state index contributed by atoms with van der Waals surface area (Å²) in [5.41, 5.74) is 1.76. The van der Waals surface area contributed by atoms with Crippen molar-refractivity contribution in [2.24, 2.45) is 0 Å². The van der Waals surface area contributed by atoms with Crippen molar-refractivity contribution in [3.63, 3.8) is 0 Å². The molecule has 0 saturated heterocycles. The van der Waals surface area contributed by atoms with Gasteiger partial charge in [-0.2, -0.15) is 0 Å². The van der Waals surface area contributed by atoms with E-state index in [0.717, 1.165) is 21.1 Å². The van der Waals surface area contributed by atoms with Crippen LogP contribution < -0.4 is 10.1 Å². The number of para-hydroxylation sites is 1. The van der Waals surface area contributed by atoms with Gasteiger partial charge in [0.2, 0.25) is 0 Å². The molecule has 0 bridgehead atoms. The van der Waals surface area contributed by atoms with Crippen molar-refractivity contribution < 1.29 is 9.53 Å². The molecule has 3 rings (SSSR count). The first kappa shape index (κ1) is 19.7. The molecule has 1 N–H and O–H groups in total. The third-order valence-corrected chi connectivity index (χ3v) is 5.76. The normalized spacial score (nSPS) is 11.9. The Morgan fingerprint density at radius 1 is 1.15 bits per heavy atom. The molecule has 0 spiro atoms. The Hall–Kier alpha value is -2.08. The van der Waals surface area contributed by atoms with Gasteiger partial charge >= 0.3 is 0 Å². The van der Waals surface area contributed by atoms with E-state index in [1.807, 2.05) is 43.3 Å². The van der Waals surface area contributed by atoms with Crippen molar-refractivity contribution in [3.8, 4) is 16.3 Å². The average Bonchev–Trinajstić information content (AvgIpc) is 3.02. The van der Waals surface area contributed by atoms with Crippen molar-refractivity contribution in [3.05, 3.63) is 69.1 Å². The lowest BCUT2D eigenvalue weighted by molar-refractivity contribution is -0.127. The molecule has 0 fully saturated rings. The molecule has 1 heterocycles. The molecule has 140 valence electrons. The van der Waals surface area contributed by atoms with Crippen molar-refractivity contribution in [1.29, 1.82) is 0 Å². The summed E-state index contributed by atoms with van der Waals surface area (Å²) in [6.45, 7) is 3.98. The van der Waals surface area contributed by atoms with Crippen LogP contribution in [-0.2, 0) is 11.3 Å². The standard InChI is InChI=1S/C20H18Cl2N2O2S/c1-12-18(27-20(24-12)14-7-3-4-8-15(14)21)11-23-19(25)13(2)26-17-10-6-5-9-16(17)22/h3-10,13H,11H2,1-2H3,(H,23,25). The molecule has 1 unspecified atom stereocenters. The van der Waals surface area contributed by atoms with E-state index in [0.29, 0.717) is 22.3 Å². The number of nitrogens with one attached hydrogen (secondary N) is 1. The predicted octanol–water partition coefficient (Wildman–Crippen LogP) is 5.51. The Labute approximate surface area is 172 Å². The number of benzene rings is 2. The van der Waals surface area contributed by atoms with Gasteiger partial charge in [0.1, 0.15) is 10.8 Å². The zero-order valence-electron chi connectivity index (χ0n) is 14.8. The van der Waals surface area contributed by atoms with Crippen LogP contribution >= 0.6 is 34.5 Å². The summed E-state index contributed by atoms with van der Waals surface area (Å²) in [5, 5.41) is 4.85. The average molecular weight is 421 g/mol. The largest absolute Gasteiger partial charge is 0.479 e. The lowest BCUT2D eigenvalue weighted by Gasteiger charge is -2.15. The van der Waals surface area contributed by atoms with Gasteiger partial charge in [0.25, 0.3) is 5.91 Å². The fourth-order valence-electron chi connectivity index (χ4n) is 2.44. The first-order chi connectivity index (χ1) is 13.0. The summed E-state index contributed by atoms with van der Waals surface area (Å²) in [5.74, 6) is 0.263. The van der Waals surface area contributed by atoms with Crippen LogP contribution in [0.5, 0.6) is 5.75 Å². The lowest BCUT2D eigenvalue weighted by atomic mass is 10.2. The highest BCUT2D eigenvalue weighted by molar-refractivity contribution is 7.15. The third-order valence-electron chi connectivity index (χ3n) is 3.93. The van der Waals surface area contributed by atoms with Crippen LogP contribution in [0.2, 0.25) is 10.0 Å². The molecule has 1 amide bonds. The quantitative estimate of drug-likeness (QED) is 0.571. The summed E-state index contributed by atoms with van der Waals surface area (Å²) in [6.07, 6.45) is -0.666. The maximum atomic E-state index is 12.4. The number of nitrogens with zero attached hydrogens (tertiary/aromatic N) is 1. The van der Waals surface area contributed by atoms with Gasteiger partial charge in [0, 0.05) is 10.4 Å². The molecule has 7 heteroatoms. The van der Waals surface area contributed by atoms with Crippen LogP contribution in [0.3, 0.4) is 0 Å². The van der Waals surface area contributed by atoms with Gasteiger partial charge in [-0.05, 0) is 32.0 Å². The van der Waals surface area contributed by atoms with E-state index in [1.54, 1.807) is 19.1 Å². The van der Waals surface area contributed by atoms with Crippen LogP contribution in [0.4, 0.5) is 0 Å². The van der Waals surface area contributed by atoms with Crippen molar-refractivity contribution >= 4 is 40.4 Å². The molecule has 2 aromatic carbocycles. The van der Waals surface area contributed by atoms with Crippen LogP contribution in [0, 0.1) is 6.92 Å². The van der Waals surface area contributed by atoms with Gasteiger partial charge in [-0.15, -0.1) is 11.3 Å². The van der Waals surface area contributed by atoms with E-state index in [4.69, 9.17) is 27.9 Å². The minimum atomic E-state index is -0.666. The molecule has 27 heavy (non-hydrogen) atoms. The number of thiazole rings is 1. The summed E-state index contributed by atoms with van der Waals surface area (Å²) < 4.78 is 5.64. The Kier molecular flexibility index (Phi) is 6.37. The number of carbonyl (C=O) groups excluding carboxylic acids is 1. The second-order valence-electron chi connectivity index (χ2n) is 5.92. The number of rotatable bonds is 6. The van der Waals surface area contributed by atoms with Gasteiger partial charge in [-0.25, -0.2) is 4.98 Å². The highest BCUT2D eigenvalue weighted by atomic mass is 35.5. The van der Waals surface area contributed by atoms with E-state index < -0.39 is 6.10 Å². The number of amides is 1. The number of ether oxygens (including phenoxy) is 1. The Morgan fingerprint density at radius 2 is 1.81 bits per heavy atom. The van der Waals surface area contributed by atoms with Gasteiger partial charge in [-0.1, -0.05) is 53.5 Å². The first-order valence-corrected chi connectivity index (χ1v) is 9.93. The number of hydrogen-bond donors (Lipinski definition) is 1. The molecule has 0 saturated carbocycles. The van der Waals surface area contributed by atoms with Gasteiger partial charge < -0.3 is 10.1 Å². The predicted molar refractivity (Wildman–Crippen MR) is 111 cm³/mol. The molecule has 0 aliphatic carbocycles. The van der Waals surface area contributed by atoms with Crippen LogP contribution in [0.25, 0.3) is 10.6 Å². The summed E-state index contributed by atoms with van der Waals surface area (Å²) in [6, 6.07) is 14.6. The van der Waals surface area contributed by atoms with Crippen LogP contribution in [0.1, 0.15) is 17.5 Å². The second-order valence-corrected chi connectivity index (χ2v) is 7.81. The fraction of sp³-hybridized carbons (Fsp3) is 0.200. The number of aromatic nitrogens is 1. The topological polar surface area (TPSA) is 51.2 Å². The van der Waals surface area contributed by atoms with E-state index in [-0.39, 0.29) is 5.91 Å². The molecule has 1 atom stereocenters. The SMILES string of the molecule is Cc1nc(-c2ccccc2Cl)sc1CNC(=O)C(C)Oc1ccccc1Cl. The number of halogens is 2. The summed E-state index contributed by atoms with van der Waals surface area (Å²) >= 11 is 13.8. The molecule has 1 aromatic heterocycles. The number of aryl methyl sites for hydroxylation is 1. The van der Waals surface area contributed by atoms with E-state index >= 15 is 0 Å². The van der Waals surface area contributed by atoms with Crippen LogP contribution in [-0.4, -0.2) is 17.0 Å². The zero-order chi connectivity index (χ0) is 19.4. The second kappa shape index (κ2) is 8.74. The Bertz CT molecular complexity index is 959. The van der Waals surface area contributed by atoms with Crippen molar-refractivity contribution in [2.75, 3.05) is 0 Å². The molecule has 4 nitrogen and oxygen atoms in total. The van der Waals surface area contributed by atoms with Gasteiger partial charge in [-0.3, -0.25) is 4.79 Å². The maximum absolute atomic E-state index is 12.4. The molecular formula is C20H18Cl2N2O2S. The van der Waals surface area contributed by atoms with E-state index in [2.05, 4.69) is 10.3 Å². The summed E-state index contributed by atoms with van der Waals surface area (Å²) in [7, 11) is 0. The molecule has 0 radical (unpaired) electrons. The molecule has 0 aliphatic heterocycles. The zero-order valence-corrected chi connectivity index (χ0v) is 17.2. The lowest BCUT2D eigenvalue weighted by Crippen LogP contribution is -2.35. The fourth-order valence-corrected chi connectivity index (χ4v) is 3.94. The van der Waals surface area contributed by atoms with Gasteiger partial charge in [0.05, 0.1) is 22.3 Å². The number of hydrogen-bond acceptors (Lipinski definition) is 4. The highest BCUT2D eigenvalue weighted by Gasteiger charge is 2.17. The Balaban J connectivity index is 1.64. The monoisotopic (exact) mass is 420 g/mol. The van der Waals surface area contributed by atoms with Crippen molar-refractivity contribution in [2.45, 2.75) is 26.5 Å². The van der Waals surface area contributed by atoms with E-state index in [1.165, 1.54) is 11.3 Å². The van der Waals surface area contributed by atoms with E-state index in [9.17, 15) is 4.79 Å². The third kappa shape index (κ3) is 4.80.